The van der Waals surface area contributed by atoms with Crippen molar-refractivity contribution in [3.63, 3.8) is 0 Å². The Bertz CT molecular complexity index is 351. The van der Waals surface area contributed by atoms with Gasteiger partial charge in [-0.25, -0.2) is 0 Å². The number of rotatable bonds is 6. The SMILES string of the molecule is CC1CC1C(=O)NCCC(=O)NCC1(O)CCCC1. The van der Waals surface area contributed by atoms with Crippen LogP contribution in [0.5, 0.6) is 0 Å². The molecule has 2 unspecified atom stereocenters. The Hall–Kier alpha value is -1.10. The summed E-state index contributed by atoms with van der Waals surface area (Å²) in [7, 11) is 0. The second-order valence-corrected chi connectivity index (χ2v) is 6.07. The number of hydrogen-bond donors (Lipinski definition) is 3. The van der Waals surface area contributed by atoms with Crippen LogP contribution in [0.25, 0.3) is 0 Å². The van der Waals surface area contributed by atoms with E-state index in [0.717, 1.165) is 32.1 Å². The van der Waals surface area contributed by atoms with Crippen molar-refractivity contribution in [2.45, 2.75) is 51.0 Å². The average molecular weight is 268 g/mol. The predicted molar refractivity (Wildman–Crippen MR) is 71.3 cm³/mol. The highest BCUT2D eigenvalue weighted by Crippen LogP contribution is 2.37. The van der Waals surface area contributed by atoms with Gasteiger partial charge >= 0.3 is 0 Å². The van der Waals surface area contributed by atoms with Gasteiger partial charge in [-0.05, 0) is 25.2 Å². The van der Waals surface area contributed by atoms with Crippen LogP contribution in [0.1, 0.15) is 45.4 Å². The van der Waals surface area contributed by atoms with Gasteiger partial charge in [-0.2, -0.15) is 0 Å². The van der Waals surface area contributed by atoms with Gasteiger partial charge in [0.25, 0.3) is 0 Å². The summed E-state index contributed by atoms with van der Waals surface area (Å²) in [6, 6.07) is 0. The van der Waals surface area contributed by atoms with Gasteiger partial charge < -0.3 is 15.7 Å². The fraction of sp³-hybridized carbons (Fsp3) is 0.857. The van der Waals surface area contributed by atoms with E-state index in [4.69, 9.17) is 0 Å². The van der Waals surface area contributed by atoms with Crippen LogP contribution in [0.3, 0.4) is 0 Å². The molecule has 0 bridgehead atoms. The molecule has 2 rings (SSSR count). The molecule has 0 heterocycles. The zero-order chi connectivity index (χ0) is 13.9. The first-order valence-corrected chi connectivity index (χ1v) is 7.27. The normalized spacial score (nSPS) is 27.9. The fourth-order valence-corrected chi connectivity index (χ4v) is 2.68. The van der Waals surface area contributed by atoms with Crippen LogP contribution in [0.15, 0.2) is 0 Å². The minimum Gasteiger partial charge on any atom is -0.388 e. The highest BCUT2D eigenvalue weighted by molar-refractivity contribution is 5.82. The maximum absolute atomic E-state index is 11.6. The van der Waals surface area contributed by atoms with E-state index in [-0.39, 0.29) is 24.2 Å². The standard InChI is InChI=1S/C14H24N2O3/c1-10-8-11(10)13(18)15-7-4-12(17)16-9-14(19)5-2-3-6-14/h10-11,19H,2-9H2,1H3,(H,15,18)(H,16,17). The van der Waals surface area contributed by atoms with E-state index in [1.54, 1.807) is 0 Å². The summed E-state index contributed by atoms with van der Waals surface area (Å²) in [5, 5.41) is 15.6. The monoisotopic (exact) mass is 268 g/mol. The number of amides is 2. The predicted octanol–water partition coefficient (Wildman–Crippen LogP) is 0.570. The summed E-state index contributed by atoms with van der Waals surface area (Å²) >= 11 is 0. The van der Waals surface area contributed by atoms with Gasteiger partial charge in [0.05, 0.1) is 5.60 Å². The summed E-state index contributed by atoms with van der Waals surface area (Å²) in [6.07, 6.45) is 4.84. The maximum atomic E-state index is 11.6. The van der Waals surface area contributed by atoms with Gasteiger partial charge in [0.2, 0.25) is 11.8 Å². The van der Waals surface area contributed by atoms with Crippen LogP contribution >= 0.6 is 0 Å². The van der Waals surface area contributed by atoms with Gasteiger partial charge in [0.15, 0.2) is 0 Å². The highest BCUT2D eigenvalue weighted by Gasteiger charge is 2.38. The van der Waals surface area contributed by atoms with E-state index in [0.29, 0.717) is 19.0 Å². The Morgan fingerprint density at radius 1 is 1.26 bits per heavy atom. The summed E-state index contributed by atoms with van der Waals surface area (Å²) in [5.74, 6) is 0.604. The van der Waals surface area contributed by atoms with E-state index in [2.05, 4.69) is 17.6 Å². The van der Waals surface area contributed by atoms with E-state index < -0.39 is 5.60 Å². The largest absolute Gasteiger partial charge is 0.388 e. The Balaban J connectivity index is 1.55. The number of hydrogen-bond acceptors (Lipinski definition) is 3. The molecule has 2 atom stereocenters. The lowest BCUT2D eigenvalue weighted by Crippen LogP contribution is -2.41. The summed E-state index contributed by atoms with van der Waals surface area (Å²) in [6.45, 7) is 2.77. The third-order valence-corrected chi connectivity index (χ3v) is 4.25. The number of carbonyl (C=O) groups is 2. The minimum absolute atomic E-state index is 0.0646. The lowest BCUT2D eigenvalue weighted by molar-refractivity contribution is -0.123. The Morgan fingerprint density at radius 2 is 1.89 bits per heavy atom. The first kappa shape index (κ1) is 14.3. The molecular formula is C14H24N2O3. The molecule has 0 aliphatic heterocycles. The van der Waals surface area contributed by atoms with Crippen LogP contribution < -0.4 is 10.6 Å². The molecule has 2 fully saturated rings. The average Bonchev–Trinajstić information content (AvgIpc) is 2.94. The topological polar surface area (TPSA) is 78.4 Å². The molecule has 0 aromatic heterocycles. The van der Waals surface area contributed by atoms with Gasteiger partial charge in [0, 0.05) is 25.4 Å². The number of carbonyl (C=O) groups excluding carboxylic acids is 2. The minimum atomic E-state index is -0.706. The van der Waals surface area contributed by atoms with Crippen molar-refractivity contribution >= 4 is 11.8 Å². The third-order valence-electron chi connectivity index (χ3n) is 4.25. The van der Waals surface area contributed by atoms with Gasteiger partial charge in [-0.3, -0.25) is 9.59 Å². The molecule has 3 N–H and O–H groups in total. The molecule has 5 heteroatoms. The quantitative estimate of drug-likeness (QED) is 0.659. The van der Waals surface area contributed by atoms with Crippen molar-refractivity contribution in [1.82, 2.24) is 10.6 Å². The Morgan fingerprint density at radius 3 is 2.47 bits per heavy atom. The van der Waals surface area contributed by atoms with Crippen molar-refractivity contribution in [3.8, 4) is 0 Å². The molecule has 0 spiro atoms. The first-order chi connectivity index (χ1) is 9.00. The van der Waals surface area contributed by atoms with Gasteiger partial charge in [-0.15, -0.1) is 0 Å². The van der Waals surface area contributed by atoms with Crippen molar-refractivity contribution in [3.05, 3.63) is 0 Å². The molecule has 2 aliphatic carbocycles. The second kappa shape index (κ2) is 5.90. The molecule has 5 nitrogen and oxygen atoms in total. The zero-order valence-electron chi connectivity index (χ0n) is 11.6. The smallest absolute Gasteiger partial charge is 0.223 e. The molecule has 19 heavy (non-hydrogen) atoms. The molecule has 0 aromatic rings. The number of aliphatic hydroxyl groups is 1. The zero-order valence-corrected chi connectivity index (χ0v) is 11.6. The van der Waals surface area contributed by atoms with E-state index in [1.807, 2.05) is 0 Å². The second-order valence-electron chi connectivity index (χ2n) is 6.07. The van der Waals surface area contributed by atoms with E-state index >= 15 is 0 Å². The third kappa shape index (κ3) is 4.20. The van der Waals surface area contributed by atoms with E-state index in [1.165, 1.54) is 0 Å². The molecular weight excluding hydrogens is 244 g/mol. The van der Waals surface area contributed by atoms with Crippen molar-refractivity contribution < 1.29 is 14.7 Å². The lowest BCUT2D eigenvalue weighted by Gasteiger charge is -2.22. The van der Waals surface area contributed by atoms with Crippen LogP contribution in [0.4, 0.5) is 0 Å². The summed E-state index contributed by atoms with van der Waals surface area (Å²) < 4.78 is 0. The van der Waals surface area contributed by atoms with Crippen molar-refractivity contribution in [2.24, 2.45) is 11.8 Å². The molecule has 0 aromatic carbocycles. The first-order valence-electron chi connectivity index (χ1n) is 7.27. The number of nitrogens with one attached hydrogen (secondary N) is 2. The van der Waals surface area contributed by atoms with Crippen LogP contribution in [-0.4, -0.2) is 35.6 Å². The Kier molecular flexibility index (Phi) is 4.45. The molecule has 0 saturated heterocycles. The Labute approximate surface area is 114 Å². The lowest BCUT2D eigenvalue weighted by atomic mass is 10.0. The summed E-state index contributed by atoms with van der Waals surface area (Å²) in [5.41, 5.74) is -0.706. The molecule has 2 saturated carbocycles. The van der Waals surface area contributed by atoms with Gasteiger partial charge in [0.1, 0.15) is 0 Å². The summed E-state index contributed by atoms with van der Waals surface area (Å²) in [4.78, 5) is 23.1. The van der Waals surface area contributed by atoms with Gasteiger partial charge in [-0.1, -0.05) is 19.8 Å². The molecule has 2 amide bonds. The van der Waals surface area contributed by atoms with Crippen molar-refractivity contribution in [1.29, 1.82) is 0 Å². The molecule has 0 radical (unpaired) electrons. The maximum Gasteiger partial charge on any atom is 0.223 e. The van der Waals surface area contributed by atoms with Crippen LogP contribution in [0.2, 0.25) is 0 Å². The molecule has 108 valence electrons. The van der Waals surface area contributed by atoms with E-state index in [9.17, 15) is 14.7 Å². The highest BCUT2D eigenvalue weighted by atomic mass is 16.3. The molecule has 2 aliphatic rings. The van der Waals surface area contributed by atoms with Crippen LogP contribution in [-0.2, 0) is 9.59 Å². The van der Waals surface area contributed by atoms with Crippen LogP contribution in [0, 0.1) is 11.8 Å². The van der Waals surface area contributed by atoms with Crippen molar-refractivity contribution in [2.75, 3.05) is 13.1 Å². The fourth-order valence-electron chi connectivity index (χ4n) is 2.68.